The topological polar surface area (TPSA) is 33.2 Å². The molecule has 1 saturated heterocycles. The minimum absolute atomic E-state index is 0.892. The minimum atomic E-state index is 0.892. The highest BCUT2D eigenvalue weighted by Crippen LogP contribution is 2.24. The van der Waals surface area contributed by atoms with Gasteiger partial charge in [-0.05, 0) is 6.07 Å². The summed E-state index contributed by atoms with van der Waals surface area (Å²) in [5.74, 6) is 1.02. The molecular formula is C16H22N3O+. The third-order valence-corrected chi connectivity index (χ3v) is 3.98. The molecule has 0 amide bonds. The normalized spacial score (nSPS) is 17.4. The number of likely N-dealkylation sites (N-methyl/N-ethyl adjacent to an activating group) is 1. The van der Waals surface area contributed by atoms with E-state index in [9.17, 15) is 0 Å². The standard InChI is InChI=1S/C16H21N3O/c1-3-15-14(13-6-4-5-7-16(13)20-15)12-17-19-10-8-18(2)9-11-19/h4-7,12H,3,8-11H2,1-2H3/p+1/b17-12-. The second-order valence-electron chi connectivity index (χ2n) is 5.44. The van der Waals surface area contributed by atoms with Crippen molar-refractivity contribution >= 4 is 17.2 Å². The van der Waals surface area contributed by atoms with E-state index in [-0.39, 0.29) is 0 Å². The summed E-state index contributed by atoms with van der Waals surface area (Å²) >= 11 is 0. The van der Waals surface area contributed by atoms with Crippen LogP contribution < -0.4 is 4.90 Å². The van der Waals surface area contributed by atoms with Crippen LogP contribution in [0.5, 0.6) is 0 Å². The molecule has 1 N–H and O–H groups in total. The van der Waals surface area contributed by atoms with Crippen LogP contribution in [0.1, 0.15) is 18.2 Å². The first-order valence-electron chi connectivity index (χ1n) is 7.38. The zero-order valence-corrected chi connectivity index (χ0v) is 12.2. The lowest BCUT2D eigenvalue weighted by atomic mass is 10.1. The molecule has 4 heteroatoms. The zero-order valence-electron chi connectivity index (χ0n) is 12.2. The Balaban J connectivity index is 1.86. The fourth-order valence-electron chi connectivity index (χ4n) is 2.65. The first-order chi connectivity index (χ1) is 9.78. The van der Waals surface area contributed by atoms with Crippen LogP contribution in [0.15, 0.2) is 33.8 Å². The lowest BCUT2D eigenvalue weighted by molar-refractivity contribution is -0.884. The van der Waals surface area contributed by atoms with E-state index in [4.69, 9.17) is 4.42 Å². The fraction of sp³-hybridized carbons (Fsp3) is 0.438. The highest BCUT2D eigenvalue weighted by molar-refractivity contribution is 5.99. The smallest absolute Gasteiger partial charge is 0.134 e. The van der Waals surface area contributed by atoms with E-state index < -0.39 is 0 Å². The lowest BCUT2D eigenvalue weighted by Gasteiger charge is -2.27. The van der Waals surface area contributed by atoms with Crippen LogP contribution in [0.25, 0.3) is 11.0 Å². The Kier molecular flexibility index (Phi) is 3.74. The number of nitrogens with one attached hydrogen (secondary N) is 1. The van der Waals surface area contributed by atoms with Gasteiger partial charge >= 0.3 is 0 Å². The van der Waals surface area contributed by atoms with E-state index in [1.54, 1.807) is 4.90 Å². The molecule has 0 atom stereocenters. The molecule has 0 aliphatic carbocycles. The summed E-state index contributed by atoms with van der Waals surface area (Å²) in [4.78, 5) is 1.58. The van der Waals surface area contributed by atoms with Gasteiger partial charge in [-0.15, -0.1) is 0 Å². The molecule has 0 radical (unpaired) electrons. The van der Waals surface area contributed by atoms with Crippen molar-refractivity contribution in [3.8, 4) is 0 Å². The number of aryl methyl sites for hydroxylation is 1. The molecule has 0 unspecified atom stereocenters. The SMILES string of the molecule is CCc1oc2ccccc2c1/C=N\N1CC[NH+](C)CC1. The molecule has 20 heavy (non-hydrogen) atoms. The zero-order chi connectivity index (χ0) is 13.9. The molecule has 0 bridgehead atoms. The molecule has 1 aliphatic heterocycles. The van der Waals surface area contributed by atoms with Gasteiger partial charge in [0.05, 0.1) is 39.4 Å². The number of hydrogen-bond acceptors (Lipinski definition) is 3. The first-order valence-corrected chi connectivity index (χ1v) is 7.38. The number of fused-ring (bicyclic) bond motifs is 1. The van der Waals surface area contributed by atoms with Crippen LogP contribution in [-0.2, 0) is 6.42 Å². The third kappa shape index (κ3) is 2.56. The Morgan fingerprint density at radius 1 is 1.30 bits per heavy atom. The maximum absolute atomic E-state index is 5.89. The largest absolute Gasteiger partial charge is 0.460 e. The lowest BCUT2D eigenvalue weighted by Crippen LogP contribution is -3.11. The average molecular weight is 272 g/mol. The maximum Gasteiger partial charge on any atom is 0.134 e. The van der Waals surface area contributed by atoms with Crippen LogP contribution in [-0.4, -0.2) is 44.5 Å². The van der Waals surface area contributed by atoms with Gasteiger partial charge in [0.2, 0.25) is 0 Å². The summed E-state index contributed by atoms with van der Waals surface area (Å²) in [6, 6.07) is 8.18. The van der Waals surface area contributed by atoms with E-state index >= 15 is 0 Å². The Morgan fingerprint density at radius 3 is 2.80 bits per heavy atom. The molecule has 1 aliphatic rings. The molecule has 1 aromatic heterocycles. The van der Waals surface area contributed by atoms with E-state index in [2.05, 4.69) is 30.1 Å². The van der Waals surface area contributed by atoms with Crippen molar-refractivity contribution in [2.75, 3.05) is 33.2 Å². The van der Waals surface area contributed by atoms with Crippen molar-refractivity contribution in [2.45, 2.75) is 13.3 Å². The van der Waals surface area contributed by atoms with Gasteiger partial charge in [0, 0.05) is 17.4 Å². The van der Waals surface area contributed by atoms with E-state index in [1.807, 2.05) is 24.4 Å². The summed E-state index contributed by atoms with van der Waals surface area (Å²) in [5.41, 5.74) is 2.09. The molecule has 2 heterocycles. The molecule has 4 nitrogen and oxygen atoms in total. The van der Waals surface area contributed by atoms with Gasteiger partial charge < -0.3 is 9.32 Å². The molecule has 1 fully saturated rings. The molecule has 2 aromatic rings. The number of quaternary nitrogens is 1. The number of piperazine rings is 1. The van der Waals surface area contributed by atoms with Crippen molar-refractivity contribution in [3.63, 3.8) is 0 Å². The Labute approximate surface area is 119 Å². The van der Waals surface area contributed by atoms with Gasteiger partial charge in [0.1, 0.15) is 11.3 Å². The van der Waals surface area contributed by atoms with Crippen molar-refractivity contribution in [3.05, 3.63) is 35.6 Å². The van der Waals surface area contributed by atoms with Crippen LogP contribution >= 0.6 is 0 Å². The summed E-state index contributed by atoms with van der Waals surface area (Å²) in [6.07, 6.45) is 2.87. The number of furan rings is 1. The number of hydrazone groups is 1. The highest BCUT2D eigenvalue weighted by Gasteiger charge is 2.15. The first kappa shape index (κ1) is 13.2. The Hall–Kier alpha value is -1.81. The molecule has 0 saturated carbocycles. The molecular weight excluding hydrogens is 250 g/mol. The second kappa shape index (κ2) is 5.67. The van der Waals surface area contributed by atoms with Gasteiger partial charge in [-0.3, -0.25) is 5.01 Å². The quantitative estimate of drug-likeness (QED) is 0.851. The number of benzene rings is 1. The highest BCUT2D eigenvalue weighted by atomic mass is 16.3. The van der Waals surface area contributed by atoms with Gasteiger partial charge in [0.25, 0.3) is 0 Å². The Morgan fingerprint density at radius 2 is 2.05 bits per heavy atom. The number of hydrogen-bond donors (Lipinski definition) is 1. The molecule has 0 spiro atoms. The van der Waals surface area contributed by atoms with Crippen LogP contribution in [0, 0.1) is 0 Å². The number of para-hydroxylation sites is 1. The summed E-state index contributed by atoms with van der Waals surface area (Å²) in [7, 11) is 2.24. The number of nitrogens with zero attached hydrogens (tertiary/aromatic N) is 2. The molecule has 3 rings (SSSR count). The van der Waals surface area contributed by atoms with Crippen molar-refractivity contribution < 1.29 is 9.32 Å². The second-order valence-corrected chi connectivity index (χ2v) is 5.44. The van der Waals surface area contributed by atoms with Crippen LogP contribution in [0.2, 0.25) is 0 Å². The fourth-order valence-corrected chi connectivity index (χ4v) is 2.65. The predicted octanol–water partition coefficient (Wildman–Crippen LogP) is 1.16. The minimum Gasteiger partial charge on any atom is -0.460 e. The van der Waals surface area contributed by atoms with Crippen molar-refractivity contribution in [2.24, 2.45) is 5.10 Å². The van der Waals surface area contributed by atoms with Gasteiger partial charge in [-0.1, -0.05) is 25.1 Å². The van der Waals surface area contributed by atoms with E-state index in [0.29, 0.717) is 0 Å². The molecule has 1 aromatic carbocycles. The maximum atomic E-state index is 5.89. The van der Waals surface area contributed by atoms with Crippen LogP contribution in [0.4, 0.5) is 0 Å². The van der Waals surface area contributed by atoms with Gasteiger partial charge in [0.15, 0.2) is 0 Å². The predicted molar refractivity (Wildman–Crippen MR) is 81.4 cm³/mol. The van der Waals surface area contributed by atoms with Crippen molar-refractivity contribution in [1.82, 2.24) is 5.01 Å². The Bertz CT molecular complexity index is 609. The van der Waals surface area contributed by atoms with Gasteiger partial charge in [-0.25, -0.2) is 0 Å². The average Bonchev–Trinajstić information content (AvgIpc) is 2.84. The van der Waals surface area contributed by atoms with Crippen LogP contribution in [0.3, 0.4) is 0 Å². The summed E-state index contributed by atoms with van der Waals surface area (Å²) in [6.45, 7) is 6.49. The summed E-state index contributed by atoms with van der Waals surface area (Å²) in [5, 5.41) is 7.97. The van der Waals surface area contributed by atoms with Gasteiger partial charge in [-0.2, -0.15) is 5.10 Å². The van der Waals surface area contributed by atoms with E-state index in [1.165, 1.54) is 0 Å². The third-order valence-electron chi connectivity index (χ3n) is 3.98. The summed E-state index contributed by atoms with van der Waals surface area (Å²) < 4.78 is 5.89. The monoisotopic (exact) mass is 272 g/mol. The van der Waals surface area contributed by atoms with E-state index in [0.717, 1.165) is 54.9 Å². The van der Waals surface area contributed by atoms with Crippen molar-refractivity contribution in [1.29, 1.82) is 0 Å². The number of rotatable bonds is 3. The molecule has 106 valence electrons.